The number of guanidine groups is 2. The van der Waals surface area contributed by atoms with E-state index in [4.69, 9.17) is 17.2 Å². The van der Waals surface area contributed by atoms with Gasteiger partial charge in [-0.25, -0.2) is 4.99 Å². The van der Waals surface area contributed by atoms with Crippen LogP contribution in [0.15, 0.2) is 34.3 Å². The zero-order chi connectivity index (χ0) is 12.6. The Labute approximate surface area is 112 Å². The molecule has 0 atom stereocenters. The highest BCUT2D eigenvalue weighted by Gasteiger charge is 2.32. The summed E-state index contributed by atoms with van der Waals surface area (Å²) in [4.78, 5) is 10.1. The molecule has 18 heavy (non-hydrogen) atoms. The first kappa shape index (κ1) is 14.1. The fraction of sp³-hybridized carbons (Fsp3) is 0.273. The summed E-state index contributed by atoms with van der Waals surface area (Å²) in [6.45, 7) is 3.83. The van der Waals surface area contributed by atoms with Crippen LogP contribution in [0.5, 0.6) is 0 Å². The molecule has 1 aliphatic heterocycles. The van der Waals surface area contributed by atoms with Crippen molar-refractivity contribution in [1.29, 1.82) is 0 Å². The Kier molecular flexibility index (Phi) is 3.71. The average molecular weight is 269 g/mol. The highest BCUT2D eigenvalue weighted by molar-refractivity contribution is 6.05. The van der Waals surface area contributed by atoms with Crippen molar-refractivity contribution in [3.05, 3.63) is 24.3 Å². The molecule has 0 bridgehead atoms. The lowest BCUT2D eigenvalue weighted by Crippen LogP contribution is -2.54. The molecule has 0 saturated carbocycles. The number of hydrogen-bond donors (Lipinski definition) is 3. The van der Waals surface area contributed by atoms with E-state index in [-0.39, 0.29) is 18.4 Å². The lowest BCUT2D eigenvalue weighted by Gasteiger charge is -2.38. The zero-order valence-corrected chi connectivity index (χ0v) is 11.1. The normalized spacial score (nSPS) is 17.6. The Morgan fingerprint density at radius 1 is 1.06 bits per heavy atom. The topological polar surface area (TPSA) is 106 Å². The van der Waals surface area contributed by atoms with E-state index < -0.39 is 5.66 Å². The van der Waals surface area contributed by atoms with Gasteiger partial charge in [0, 0.05) is 11.4 Å². The largest absolute Gasteiger partial charge is 0.399 e. The second-order valence-electron chi connectivity index (χ2n) is 4.36. The molecule has 0 aliphatic carbocycles. The van der Waals surface area contributed by atoms with Crippen LogP contribution in [0.2, 0.25) is 0 Å². The van der Waals surface area contributed by atoms with Gasteiger partial charge in [0.1, 0.15) is 5.66 Å². The highest BCUT2D eigenvalue weighted by atomic mass is 35.5. The average Bonchev–Trinajstić information content (AvgIpc) is 2.18. The molecule has 1 aliphatic rings. The Bertz CT molecular complexity index is 491. The van der Waals surface area contributed by atoms with E-state index in [0.717, 1.165) is 5.69 Å². The van der Waals surface area contributed by atoms with Gasteiger partial charge in [0.25, 0.3) is 0 Å². The summed E-state index contributed by atoms with van der Waals surface area (Å²) < 4.78 is 0. The maximum atomic E-state index is 5.90. The first-order valence-electron chi connectivity index (χ1n) is 5.25. The summed E-state index contributed by atoms with van der Waals surface area (Å²) in [5, 5.41) is 0. The number of anilines is 2. The van der Waals surface area contributed by atoms with Crippen molar-refractivity contribution in [2.45, 2.75) is 19.5 Å². The molecule has 98 valence electrons. The van der Waals surface area contributed by atoms with Crippen LogP contribution < -0.4 is 22.1 Å². The lowest BCUT2D eigenvalue weighted by molar-refractivity contribution is 0.534. The predicted molar refractivity (Wildman–Crippen MR) is 77.9 cm³/mol. The Morgan fingerprint density at radius 2 is 1.61 bits per heavy atom. The second-order valence-corrected chi connectivity index (χ2v) is 4.36. The van der Waals surface area contributed by atoms with E-state index >= 15 is 0 Å². The van der Waals surface area contributed by atoms with Crippen molar-refractivity contribution in [2.75, 3.05) is 10.6 Å². The number of aliphatic imine (C=N–C) groups is 2. The number of benzene rings is 1. The maximum absolute atomic E-state index is 5.90. The van der Waals surface area contributed by atoms with Crippen LogP contribution in [0.3, 0.4) is 0 Å². The molecule has 0 aromatic heterocycles. The van der Waals surface area contributed by atoms with Gasteiger partial charge < -0.3 is 17.2 Å². The van der Waals surface area contributed by atoms with Crippen LogP contribution >= 0.6 is 12.4 Å². The van der Waals surface area contributed by atoms with E-state index in [1.165, 1.54) is 0 Å². The van der Waals surface area contributed by atoms with Gasteiger partial charge in [-0.15, -0.1) is 12.4 Å². The molecule has 0 spiro atoms. The minimum absolute atomic E-state index is 0. The molecule has 0 unspecified atom stereocenters. The van der Waals surface area contributed by atoms with E-state index in [0.29, 0.717) is 11.6 Å². The Hall–Kier alpha value is -1.95. The van der Waals surface area contributed by atoms with Crippen LogP contribution in [0.1, 0.15) is 13.8 Å². The third-order valence-electron chi connectivity index (χ3n) is 2.54. The summed E-state index contributed by atoms with van der Waals surface area (Å²) in [7, 11) is 0. The number of halogens is 1. The molecule has 7 heteroatoms. The van der Waals surface area contributed by atoms with Crippen molar-refractivity contribution >= 4 is 35.7 Å². The standard InChI is InChI=1S/C11H16N6.ClH/c1-11(2)16-9(13)15-10(14)17(11)8-5-3-7(12)4-6-8;/h3-6H,12H2,1-2H3,(H4,13,14,15,16);1H. The van der Waals surface area contributed by atoms with Gasteiger partial charge in [0.2, 0.25) is 11.9 Å². The maximum Gasteiger partial charge on any atom is 0.220 e. The minimum Gasteiger partial charge on any atom is -0.399 e. The molecule has 0 saturated heterocycles. The zero-order valence-electron chi connectivity index (χ0n) is 10.3. The number of nitrogens with two attached hydrogens (primary N) is 3. The van der Waals surface area contributed by atoms with Gasteiger partial charge >= 0.3 is 0 Å². The lowest BCUT2D eigenvalue weighted by atomic mass is 10.1. The summed E-state index contributed by atoms with van der Waals surface area (Å²) in [5.74, 6) is 0.520. The molecular formula is C11H17ClN6. The van der Waals surface area contributed by atoms with Crippen molar-refractivity contribution in [1.82, 2.24) is 0 Å². The van der Waals surface area contributed by atoms with Crippen LogP contribution in [-0.2, 0) is 0 Å². The van der Waals surface area contributed by atoms with E-state index in [2.05, 4.69) is 9.98 Å². The number of hydrogen-bond acceptors (Lipinski definition) is 6. The van der Waals surface area contributed by atoms with Crippen molar-refractivity contribution < 1.29 is 0 Å². The number of rotatable bonds is 1. The predicted octanol–water partition coefficient (Wildman–Crippen LogP) is 0.876. The molecule has 0 fully saturated rings. The van der Waals surface area contributed by atoms with Crippen LogP contribution in [-0.4, -0.2) is 17.6 Å². The second kappa shape index (κ2) is 4.73. The van der Waals surface area contributed by atoms with Gasteiger partial charge in [-0.2, -0.15) is 4.99 Å². The first-order chi connectivity index (χ1) is 7.90. The third-order valence-corrected chi connectivity index (χ3v) is 2.54. The first-order valence-corrected chi connectivity index (χ1v) is 5.25. The van der Waals surface area contributed by atoms with E-state index in [1.54, 1.807) is 12.1 Å². The molecule has 6 N–H and O–H groups in total. The Balaban J connectivity index is 0.00000162. The summed E-state index contributed by atoms with van der Waals surface area (Å²) in [5.41, 5.74) is 18.2. The highest BCUT2D eigenvalue weighted by Crippen LogP contribution is 2.27. The van der Waals surface area contributed by atoms with Gasteiger partial charge in [-0.3, -0.25) is 4.90 Å². The molecule has 0 amide bonds. The van der Waals surface area contributed by atoms with Crippen molar-refractivity contribution in [3.8, 4) is 0 Å². The summed E-state index contributed by atoms with van der Waals surface area (Å²) in [6, 6.07) is 7.35. The number of nitrogen functional groups attached to an aromatic ring is 1. The minimum atomic E-state index is -0.563. The fourth-order valence-electron chi connectivity index (χ4n) is 1.87. The van der Waals surface area contributed by atoms with Crippen molar-refractivity contribution in [2.24, 2.45) is 21.5 Å². The summed E-state index contributed by atoms with van der Waals surface area (Å²) >= 11 is 0. The molecule has 0 radical (unpaired) electrons. The summed E-state index contributed by atoms with van der Waals surface area (Å²) in [6.07, 6.45) is 0. The van der Waals surface area contributed by atoms with E-state index in [9.17, 15) is 0 Å². The molecule has 1 aromatic carbocycles. The smallest absolute Gasteiger partial charge is 0.220 e. The van der Waals surface area contributed by atoms with Gasteiger partial charge in [-0.1, -0.05) is 0 Å². The SMILES string of the molecule is CC1(C)N=C(N)N=C(N)N1c1ccc(N)cc1.Cl. The molecule has 1 heterocycles. The fourth-order valence-corrected chi connectivity index (χ4v) is 1.87. The Morgan fingerprint density at radius 3 is 2.11 bits per heavy atom. The molecule has 1 aromatic rings. The quantitative estimate of drug-likeness (QED) is 0.657. The van der Waals surface area contributed by atoms with Crippen molar-refractivity contribution in [3.63, 3.8) is 0 Å². The van der Waals surface area contributed by atoms with Gasteiger partial charge in [0.15, 0.2) is 0 Å². The molecule has 6 nitrogen and oxygen atoms in total. The van der Waals surface area contributed by atoms with Crippen LogP contribution in [0.4, 0.5) is 11.4 Å². The van der Waals surface area contributed by atoms with Crippen LogP contribution in [0, 0.1) is 0 Å². The number of nitrogens with zero attached hydrogens (tertiary/aromatic N) is 3. The molecular weight excluding hydrogens is 252 g/mol. The van der Waals surface area contributed by atoms with Gasteiger partial charge in [0.05, 0.1) is 0 Å². The van der Waals surface area contributed by atoms with E-state index in [1.807, 2.05) is 30.9 Å². The monoisotopic (exact) mass is 268 g/mol. The third kappa shape index (κ3) is 2.48. The van der Waals surface area contributed by atoms with Gasteiger partial charge in [-0.05, 0) is 38.1 Å². The van der Waals surface area contributed by atoms with Crippen LogP contribution in [0.25, 0.3) is 0 Å². The molecule has 2 rings (SSSR count).